The molecule has 4 heterocycles. The molecule has 9 nitrogen and oxygen atoms in total. The highest BCUT2D eigenvalue weighted by Gasteiger charge is 2.57. The summed E-state index contributed by atoms with van der Waals surface area (Å²) < 4.78 is 1.68. The number of amides is 3. The summed E-state index contributed by atoms with van der Waals surface area (Å²) in [6.45, 7) is 3.57. The maximum atomic E-state index is 13.5. The van der Waals surface area contributed by atoms with E-state index < -0.39 is 23.9 Å². The van der Waals surface area contributed by atoms with E-state index in [0.717, 1.165) is 45.3 Å². The number of fused-ring (bicyclic) bond motifs is 4. The number of rotatable bonds is 6. The van der Waals surface area contributed by atoms with Crippen LogP contribution in [0.2, 0.25) is 0 Å². The number of urea groups is 1. The van der Waals surface area contributed by atoms with Crippen molar-refractivity contribution in [3.8, 4) is 0 Å². The molecule has 0 spiro atoms. The molecule has 33 heavy (non-hydrogen) atoms. The smallest absolute Gasteiger partial charge is 0.318 e. The molecule has 1 aliphatic carbocycles. The highest BCUT2D eigenvalue weighted by atomic mass is 16.3. The van der Waals surface area contributed by atoms with Gasteiger partial charge in [0.1, 0.15) is 0 Å². The number of likely N-dealkylation sites (tertiary alicyclic amines) is 1. The fourth-order valence-electron chi connectivity index (χ4n) is 6.42. The van der Waals surface area contributed by atoms with Crippen molar-refractivity contribution < 1.29 is 14.7 Å². The lowest BCUT2D eigenvalue weighted by Crippen LogP contribution is -2.53. The molecule has 1 aromatic rings. The summed E-state index contributed by atoms with van der Waals surface area (Å²) in [6, 6.07) is 4.03. The standard InChI is InChI=1S/C24H35N5O4/c30-15-17-19-14-28-18(8-5-9-20(28)31)22(29(19)24(33)26-16-6-1-2-7-16)21(17)23(32)25-10-13-27-11-3-4-12-27/h5,8-9,16-17,19,21-22,30H,1-4,6-7,10-15H2,(H,25,32)(H,26,33)/t17-,19-,21+,22+/m0/s1. The first-order valence-corrected chi connectivity index (χ1v) is 12.5. The molecule has 4 atom stereocenters. The predicted octanol–water partition coefficient (Wildman–Crippen LogP) is 0.676. The molecular weight excluding hydrogens is 422 g/mol. The quantitative estimate of drug-likeness (QED) is 0.582. The van der Waals surface area contributed by atoms with Crippen molar-refractivity contribution in [1.82, 2.24) is 25.0 Å². The Bertz CT molecular complexity index is 937. The van der Waals surface area contributed by atoms with Gasteiger partial charge in [-0.15, -0.1) is 0 Å². The molecule has 180 valence electrons. The van der Waals surface area contributed by atoms with Crippen molar-refractivity contribution in [2.75, 3.05) is 32.8 Å². The number of pyridine rings is 1. The molecule has 3 N–H and O–H groups in total. The molecule has 0 radical (unpaired) electrons. The van der Waals surface area contributed by atoms with Crippen molar-refractivity contribution in [2.45, 2.75) is 63.2 Å². The summed E-state index contributed by atoms with van der Waals surface area (Å²) in [5, 5.41) is 16.6. The number of hydrogen-bond acceptors (Lipinski definition) is 5. The molecule has 9 heteroatoms. The largest absolute Gasteiger partial charge is 0.396 e. The van der Waals surface area contributed by atoms with E-state index in [9.17, 15) is 19.5 Å². The number of nitrogens with zero attached hydrogens (tertiary/aromatic N) is 3. The number of aliphatic hydroxyl groups is 1. The molecule has 4 aliphatic rings. The first-order valence-electron chi connectivity index (χ1n) is 12.5. The summed E-state index contributed by atoms with van der Waals surface area (Å²) in [6.07, 6.45) is 6.55. The third kappa shape index (κ3) is 4.17. The van der Waals surface area contributed by atoms with Crippen molar-refractivity contribution >= 4 is 11.9 Å². The van der Waals surface area contributed by atoms with Crippen LogP contribution in [0.5, 0.6) is 0 Å². The van der Waals surface area contributed by atoms with E-state index in [-0.39, 0.29) is 30.1 Å². The maximum absolute atomic E-state index is 13.5. The van der Waals surface area contributed by atoms with Crippen LogP contribution in [-0.2, 0) is 11.3 Å². The first-order chi connectivity index (χ1) is 16.1. The van der Waals surface area contributed by atoms with Crippen LogP contribution < -0.4 is 16.2 Å². The Hall–Kier alpha value is -2.39. The van der Waals surface area contributed by atoms with E-state index in [1.807, 2.05) is 6.07 Å². The molecule has 5 rings (SSSR count). The van der Waals surface area contributed by atoms with E-state index in [4.69, 9.17) is 0 Å². The molecule has 2 saturated heterocycles. The molecule has 2 bridgehead atoms. The normalized spacial score (nSPS) is 29.3. The second-order valence-electron chi connectivity index (χ2n) is 9.96. The van der Waals surface area contributed by atoms with Gasteiger partial charge in [-0.3, -0.25) is 9.59 Å². The average molecular weight is 458 g/mol. The number of hydrogen-bond donors (Lipinski definition) is 3. The van der Waals surface area contributed by atoms with Crippen molar-refractivity contribution in [3.05, 3.63) is 34.2 Å². The number of carbonyl (C=O) groups is 2. The second kappa shape index (κ2) is 9.46. The minimum absolute atomic E-state index is 0.134. The number of aliphatic hydroxyl groups excluding tert-OH is 1. The van der Waals surface area contributed by atoms with Crippen LogP contribution in [0.15, 0.2) is 23.0 Å². The number of carbonyl (C=O) groups excluding carboxylic acids is 2. The van der Waals surface area contributed by atoms with Crippen LogP contribution >= 0.6 is 0 Å². The molecule has 3 fully saturated rings. The predicted molar refractivity (Wildman–Crippen MR) is 123 cm³/mol. The van der Waals surface area contributed by atoms with E-state index >= 15 is 0 Å². The lowest BCUT2D eigenvalue weighted by atomic mass is 9.86. The molecule has 1 aromatic heterocycles. The Kier molecular flexibility index (Phi) is 6.42. The van der Waals surface area contributed by atoms with Crippen LogP contribution in [0.3, 0.4) is 0 Å². The minimum Gasteiger partial charge on any atom is -0.396 e. The van der Waals surface area contributed by atoms with Gasteiger partial charge in [0.25, 0.3) is 5.56 Å². The first kappa shape index (κ1) is 22.4. The molecule has 3 aliphatic heterocycles. The molecule has 1 saturated carbocycles. The topological polar surface area (TPSA) is 107 Å². The summed E-state index contributed by atoms with van der Waals surface area (Å²) in [4.78, 5) is 43.6. The molecule has 3 amide bonds. The number of aromatic nitrogens is 1. The van der Waals surface area contributed by atoms with Crippen LogP contribution in [0, 0.1) is 11.8 Å². The Morgan fingerprint density at radius 2 is 1.85 bits per heavy atom. The molecule has 0 aromatic carbocycles. The molecule has 0 unspecified atom stereocenters. The zero-order valence-corrected chi connectivity index (χ0v) is 19.1. The van der Waals surface area contributed by atoms with Crippen LogP contribution in [0.1, 0.15) is 50.3 Å². The van der Waals surface area contributed by atoms with Gasteiger partial charge in [-0.25, -0.2) is 4.79 Å². The third-order valence-electron chi connectivity index (χ3n) is 8.07. The van der Waals surface area contributed by atoms with Crippen molar-refractivity contribution in [3.63, 3.8) is 0 Å². The van der Waals surface area contributed by atoms with Gasteiger partial charge in [0.2, 0.25) is 5.91 Å². The van der Waals surface area contributed by atoms with Gasteiger partial charge < -0.3 is 30.1 Å². The summed E-state index contributed by atoms with van der Waals surface area (Å²) in [7, 11) is 0. The SMILES string of the molecule is O=C(NCCN1CCCC1)[C@@H]1[C@@H](CO)[C@@H]2Cn3c(cccc3=O)[C@H]1N2C(=O)NC1CCCC1. The fourth-order valence-corrected chi connectivity index (χ4v) is 6.42. The van der Waals surface area contributed by atoms with E-state index in [0.29, 0.717) is 18.8 Å². The summed E-state index contributed by atoms with van der Waals surface area (Å²) in [5.41, 5.74) is 0.543. The Labute approximate surface area is 194 Å². The van der Waals surface area contributed by atoms with Crippen LogP contribution in [0.4, 0.5) is 4.79 Å². The van der Waals surface area contributed by atoms with Gasteiger partial charge in [0, 0.05) is 50.0 Å². The van der Waals surface area contributed by atoms with Crippen LogP contribution in [-0.4, -0.2) is 76.3 Å². The third-order valence-corrected chi connectivity index (χ3v) is 8.07. The fraction of sp³-hybridized carbons (Fsp3) is 0.708. The lowest BCUT2D eigenvalue weighted by Gasteiger charge is -2.38. The monoisotopic (exact) mass is 457 g/mol. The van der Waals surface area contributed by atoms with E-state index in [1.165, 1.54) is 18.9 Å². The number of nitrogens with one attached hydrogen (secondary N) is 2. The molecular formula is C24H35N5O4. The van der Waals surface area contributed by atoms with E-state index in [2.05, 4.69) is 15.5 Å². The van der Waals surface area contributed by atoms with E-state index in [1.54, 1.807) is 15.5 Å². The van der Waals surface area contributed by atoms with Gasteiger partial charge >= 0.3 is 6.03 Å². The second-order valence-corrected chi connectivity index (χ2v) is 9.96. The summed E-state index contributed by atoms with van der Waals surface area (Å²) in [5.74, 6) is -1.16. The van der Waals surface area contributed by atoms with Gasteiger partial charge in [-0.1, -0.05) is 18.9 Å². The highest BCUT2D eigenvalue weighted by molar-refractivity contribution is 5.84. The maximum Gasteiger partial charge on any atom is 0.318 e. The van der Waals surface area contributed by atoms with Crippen molar-refractivity contribution in [2.24, 2.45) is 11.8 Å². The average Bonchev–Trinajstić information content (AvgIpc) is 3.54. The highest BCUT2D eigenvalue weighted by Crippen LogP contribution is 2.48. The zero-order valence-electron chi connectivity index (χ0n) is 19.1. The Balaban J connectivity index is 1.41. The van der Waals surface area contributed by atoms with Crippen molar-refractivity contribution in [1.29, 1.82) is 0 Å². The van der Waals surface area contributed by atoms with Crippen LogP contribution in [0.25, 0.3) is 0 Å². The Morgan fingerprint density at radius 3 is 2.58 bits per heavy atom. The zero-order chi connectivity index (χ0) is 22.9. The Morgan fingerprint density at radius 1 is 1.09 bits per heavy atom. The minimum atomic E-state index is -0.594. The van der Waals surface area contributed by atoms with Gasteiger partial charge in [-0.2, -0.15) is 0 Å². The van der Waals surface area contributed by atoms with Gasteiger partial charge in [0.15, 0.2) is 0 Å². The summed E-state index contributed by atoms with van der Waals surface area (Å²) >= 11 is 0. The lowest BCUT2D eigenvalue weighted by molar-refractivity contribution is -0.127. The van der Waals surface area contributed by atoms with Gasteiger partial charge in [-0.05, 0) is 44.8 Å². The van der Waals surface area contributed by atoms with Gasteiger partial charge in [0.05, 0.1) is 18.0 Å².